The van der Waals surface area contributed by atoms with Gasteiger partial charge in [-0.05, 0) is 89.3 Å². The monoisotopic (exact) mass is 515 g/mol. The van der Waals surface area contributed by atoms with Crippen LogP contribution in [0.25, 0.3) is 33.1 Å². The van der Waals surface area contributed by atoms with Gasteiger partial charge in [0.25, 0.3) is 0 Å². The maximum atomic E-state index is 6.07. The molecular formula is C27H26BrN5O. The van der Waals surface area contributed by atoms with Crippen LogP contribution in [0.15, 0.2) is 59.3 Å². The van der Waals surface area contributed by atoms with E-state index in [1.165, 1.54) is 0 Å². The predicted octanol–water partition coefficient (Wildman–Crippen LogP) is 6.95. The van der Waals surface area contributed by atoms with Crippen LogP contribution in [0, 0.1) is 13.8 Å². The number of ether oxygens (including phenoxy) is 1. The number of benzene rings is 3. The summed E-state index contributed by atoms with van der Waals surface area (Å²) in [5, 5.41) is 4.51. The Bertz CT molecular complexity index is 1490. The van der Waals surface area contributed by atoms with Gasteiger partial charge in [-0.3, -0.25) is 0 Å². The highest BCUT2D eigenvalue weighted by Crippen LogP contribution is 2.31. The fraction of sp³-hybridized carbons (Fsp3) is 0.222. The van der Waals surface area contributed by atoms with Gasteiger partial charge >= 0.3 is 0 Å². The van der Waals surface area contributed by atoms with E-state index in [1.54, 1.807) is 6.33 Å². The highest BCUT2D eigenvalue weighted by Gasteiger charge is 2.12. The predicted molar refractivity (Wildman–Crippen MR) is 141 cm³/mol. The number of aromatic nitrogens is 4. The summed E-state index contributed by atoms with van der Waals surface area (Å²) in [6.45, 7) is 7.41. The summed E-state index contributed by atoms with van der Waals surface area (Å²) in [6.07, 6.45) is 2.55. The number of fused-ring (bicyclic) bond motifs is 2. The number of aromatic amines is 1. The van der Waals surface area contributed by atoms with Crippen LogP contribution in [0.4, 0.5) is 5.82 Å². The van der Waals surface area contributed by atoms with Gasteiger partial charge < -0.3 is 15.0 Å². The zero-order valence-corrected chi connectivity index (χ0v) is 21.0. The Hall–Kier alpha value is -3.45. The van der Waals surface area contributed by atoms with Crippen molar-refractivity contribution >= 4 is 43.7 Å². The molecule has 5 rings (SSSR count). The van der Waals surface area contributed by atoms with Gasteiger partial charge in [-0.2, -0.15) is 0 Å². The molecule has 5 aromatic rings. The van der Waals surface area contributed by atoms with Gasteiger partial charge in [-0.25, -0.2) is 15.0 Å². The Kier molecular flexibility index (Phi) is 6.20. The Morgan fingerprint density at radius 3 is 2.68 bits per heavy atom. The standard InChI is InChI=1S/C27H26BrN5O/c1-4-9-34-25-8-6-18(19-5-7-23-24(13-19)33-17(3)32-23)12-20(25)14-29-27-21-10-16(2)11-22(28)26(21)30-15-31-27/h5-8,10-13,15H,4,9,14H2,1-3H3,(H,32,33)(H,29,30,31). The first-order valence-electron chi connectivity index (χ1n) is 11.4. The molecule has 6 nitrogen and oxygen atoms in total. The van der Waals surface area contributed by atoms with Gasteiger partial charge in [0.1, 0.15) is 23.7 Å². The van der Waals surface area contributed by atoms with Crippen LogP contribution < -0.4 is 10.1 Å². The van der Waals surface area contributed by atoms with Gasteiger partial charge in [0.05, 0.1) is 23.2 Å². The molecule has 0 bridgehead atoms. The molecule has 0 unspecified atom stereocenters. The smallest absolute Gasteiger partial charge is 0.137 e. The Morgan fingerprint density at radius 2 is 1.82 bits per heavy atom. The van der Waals surface area contributed by atoms with E-state index in [9.17, 15) is 0 Å². The number of rotatable bonds is 7. The van der Waals surface area contributed by atoms with Crippen molar-refractivity contribution < 1.29 is 4.74 Å². The van der Waals surface area contributed by atoms with Crippen molar-refractivity contribution in [2.45, 2.75) is 33.7 Å². The average molecular weight is 516 g/mol. The summed E-state index contributed by atoms with van der Waals surface area (Å²) >= 11 is 3.63. The second-order valence-electron chi connectivity index (χ2n) is 8.44. The SMILES string of the molecule is CCCOc1ccc(-c2ccc3nc(C)[nH]c3c2)cc1CNc1ncnc2c(Br)cc(C)cc12. The first kappa shape index (κ1) is 22.3. The van der Waals surface area contributed by atoms with Crippen molar-refractivity contribution in [3.8, 4) is 16.9 Å². The van der Waals surface area contributed by atoms with Crippen molar-refractivity contribution in [2.24, 2.45) is 0 Å². The minimum absolute atomic E-state index is 0.579. The second-order valence-corrected chi connectivity index (χ2v) is 9.30. The van der Waals surface area contributed by atoms with E-state index < -0.39 is 0 Å². The van der Waals surface area contributed by atoms with Crippen LogP contribution in [-0.2, 0) is 6.54 Å². The van der Waals surface area contributed by atoms with Crippen molar-refractivity contribution in [3.05, 3.63) is 76.3 Å². The van der Waals surface area contributed by atoms with Gasteiger partial charge in [-0.15, -0.1) is 0 Å². The molecular weight excluding hydrogens is 490 g/mol. The van der Waals surface area contributed by atoms with Crippen molar-refractivity contribution in [1.29, 1.82) is 0 Å². The van der Waals surface area contributed by atoms with E-state index in [0.29, 0.717) is 13.2 Å². The Morgan fingerprint density at radius 1 is 1.00 bits per heavy atom. The summed E-state index contributed by atoms with van der Waals surface area (Å²) in [5.74, 6) is 2.60. The van der Waals surface area contributed by atoms with E-state index in [1.807, 2.05) is 6.92 Å². The van der Waals surface area contributed by atoms with E-state index in [4.69, 9.17) is 4.74 Å². The third-order valence-corrected chi connectivity index (χ3v) is 6.34. The average Bonchev–Trinajstić information content (AvgIpc) is 3.21. The summed E-state index contributed by atoms with van der Waals surface area (Å²) < 4.78 is 7.03. The van der Waals surface area contributed by atoms with Crippen LogP contribution in [-0.4, -0.2) is 26.5 Å². The molecule has 0 amide bonds. The number of nitrogens with one attached hydrogen (secondary N) is 2. The number of halogens is 1. The van der Waals surface area contributed by atoms with E-state index in [-0.39, 0.29) is 0 Å². The molecule has 0 fully saturated rings. The number of hydrogen-bond acceptors (Lipinski definition) is 5. The zero-order valence-electron chi connectivity index (χ0n) is 19.4. The van der Waals surface area contributed by atoms with E-state index >= 15 is 0 Å². The molecule has 172 valence electrons. The lowest BCUT2D eigenvalue weighted by Crippen LogP contribution is -2.06. The Labute approximate surface area is 206 Å². The van der Waals surface area contributed by atoms with Crippen molar-refractivity contribution in [2.75, 3.05) is 11.9 Å². The molecule has 0 atom stereocenters. The maximum absolute atomic E-state index is 6.07. The molecule has 2 heterocycles. The van der Waals surface area contributed by atoms with Crippen LogP contribution in [0.3, 0.4) is 0 Å². The maximum Gasteiger partial charge on any atom is 0.137 e. The first-order chi connectivity index (χ1) is 16.5. The van der Waals surface area contributed by atoms with Crippen molar-refractivity contribution in [1.82, 2.24) is 19.9 Å². The summed E-state index contributed by atoms with van der Waals surface area (Å²) in [5.41, 5.74) is 7.38. The molecule has 0 aliphatic carbocycles. The highest BCUT2D eigenvalue weighted by molar-refractivity contribution is 9.10. The number of anilines is 1. The number of hydrogen-bond donors (Lipinski definition) is 2. The largest absolute Gasteiger partial charge is 0.493 e. The van der Waals surface area contributed by atoms with Crippen LogP contribution in [0.1, 0.15) is 30.3 Å². The topological polar surface area (TPSA) is 75.7 Å². The fourth-order valence-corrected chi connectivity index (χ4v) is 4.82. The van der Waals surface area contributed by atoms with Crippen molar-refractivity contribution in [3.63, 3.8) is 0 Å². The lowest BCUT2D eigenvalue weighted by molar-refractivity contribution is 0.314. The number of nitrogens with zero attached hydrogens (tertiary/aromatic N) is 3. The normalized spacial score (nSPS) is 11.3. The highest BCUT2D eigenvalue weighted by atomic mass is 79.9. The number of aryl methyl sites for hydroxylation is 2. The minimum atomic E-state index is 0.579. The van der Waals surface area contributed by atoms with Crippen LogP contribution in [0.5, 0.6) is 5.75 Å². The summed E-state index contributed by atoms with van der Waals surface area (Å²) in [4.78, 5) is 16.8. The molecule has 0 saturated heterocycles. The zero-order chi connectivity index (χ0) is 23.7. The van der Waals surface area contributed by atoms with Crippen LogP contribution in [0.2, 0.25) is 0 Å². The lowest BCUT2D eigenvalue weighted by Gasteiger charge is -2.15. The third-order valence-electron chi connectivity index (χ3n) is 5.74. The lowest BCUT2D eigenvalue weighted by atomic mass is 10.0. The molecule has 0 spiro atoms. The van der Waals surface area contributed by atoms with Gasteiger partial charge in [-0.1, -0.05) is 19.1 Å². The molecule has 0 aliphatic heterocycles. The molecule has 0 radical (unpaired) electrons. The van der Waals surface area contributed by atoms with E-state index in [0.717, 1.165) is 72.5 Å². The van der Waals surface area contributed by atoms with Gasteiger partial charge in [0, 0.05) is 22.0 Å². The molecule has 3 aromatic carbocycles. The van der Waals surface area contributed by atoms with Crippen LogP contribution >= 0.6 is 15.9 Å². The quantitative estimate of drug-likeness (QED) is 0.245. The first-order valence-corrected chi connectivity index (χ1v) is 12.2. The van der Waals surface area contributed by atoms with Gasteiger partial charge in [0.15, 0.2) is 0 Å². The minimum Gasteiger partial charge on any atom is -0.493 e. The molecule has 34 heavy (non-hydrogen) atoms. The summed E-state index contributed by atoms with van der Waals surface area (Å²) in [6, 6.07) is 16.8. The Balaban J connectivity index is 1.50. The van der Waals surface area contributed by atoms with E-state index in [2.05, 4.69) is 104 Å². The molecule has 0 aliphatic rings. The molecule has 2 N–H and O–H groups in total. The summed E-state index contributed by atoms with van der Waals surface area (Å²) in [7, 11) is 0. The second kappa shape index (κ2) is 9.43. The molecule has 2 aromatic heterocycles. The molecule has 0 saturated carbocycles. The third kappa shape index (κ3) is 4.48. The number of imidazole rings is 1. The number of H-pyrrole nitrogens is 1. The van der Waals surface area contributed by atoms with Gasteiger partial charge in [0.2, 0.25) is 0 Å². The fourth-order valence-electron chi connectivity index (χ4n) is 4.15. The molecule has 7 heteroatoms.